The Hall–Kier alpha value is -0.420. The first-order valence-electron chi connectivity index (χ1n) is 5.93. The van der Waals surface area contributed by atoms with Crippen LogP contribution in [0.3, 0.4) is 0 Å². The molecule has 1 saturated heterocycles. The summed E-state index contributed by atoms with van der Waals surface area (Å²) in [5.41, 5.74) is 6.22. The van der Waals surface area contributed by atoms with Crippen LogP contribution >= 0.6 is 11.3 Å². The second-order valence-corrected chi connectivity index (χ2v) is 5.45. The molecule has 1 aliphatic heterocycles. The predicted molar refractivity (Wildman–Crippen MR) is 67.5 cm³/mol. The number of aliphatic hydroxyl groups excluding tert-OH is 1. The third-order valence-corrected chi connectivity index (χ3v) is 4.24. The number of hydrogen-bond donors (Lipinski definition) is 2. The average Bonchev–Trinajstić information content (AvgIpc) is 2.91. The maximum Gasteiger partial charge on any atom is 0.0679 e. The molecule has 3 atom stereocenters. The standard InChI is InChI=1S/C12H20N2OS/c1-2-10(13)12(11-4-3-7-16-11)14-6-5-9(15)8-14/h3-4,7,9-10,12,15H,2,5-6,8,13H2,1H3. The molecular weight excluding hydrogens is 220 g/mol. The minimum absolute atomic E-state index is 0.156. The van der Waals surface area contributed by atoms with Gasteiger partial charge in [0.15, 0.2) is 0 Å². The lowest BCUT2D eigenvalue weighted by atomic mass is 10.0. The van der Waals surface area contributed by atoms with Crippen molar-refractivity contribution < 1.29 is 5.11 Å². The lowest BCUT2D eigenvalue weighted by Crippen LogP contribution is -2.39. The first kappa shape index (κ1) is 12.0. The van der Waals surface area contributed by atoms with Crippen LogP contribution < -0.4 is 5.73 Å². The molecule has 16 heavy (non-hydrogen) atoms. The Labute approximate surface area is 101 Å². The summed E-state index contributed by atoms with van der Waals surface area (Å²) in [5, 5.41) is 11.7. The predicted octanol–water partition coefficient (Wildman–Crippen LogP) is 1.59. The Morgan fingerprint density at radius 3 is 3.00 bits per heavy atom. The second kappa shape index (κ2) is 5.27. The zero-order chi connectivity index (χ0) is 11.5. The van der Waals surface area contributed by atoms with Gasteiger partial charge in [0.05, 0.1) is 12.1 Å². The molecule has 0 spiro atoms. The van der Waals surface area contributed by atoms with E-state index in [1.165, 1.54) is 4.88 Å². The Morgan fingerprint density at radius 2 is 2.50 bits per heavy atom. The van der Waals surface area contributed by atoms with Crippen LogP contribution in [0.2, 0.25) is 0 Å². The Morgan fingerprint density at radius 1 is 1.69 bits per heavy atom. The van der Waals surface area contributed by atoms with Crippen molar-refractivity contribution in [3.05, 3.63) is 22.4 Å². The molecule has 2 rings (SSSR count). The molecule has 3 unspecified atom stereocenters. The number of hydrogen-bond acceptors (Lipinski definition) is 4. The van der Waals surface area contributed by atoms with Crippen LogP contribution in [0, 0.1) is 0 Å². The van der Waals surface area contributed by atoms with Crippen LogP contribution in [0.5, 0.6) is 0 Å². The van der Waals surface area contributed by atoms with E-state index >= 15 is 0 Å². The van der Waals surface area contributed by atoms with Crippen LogP contribution in [-0.4, -0.2) is 35.2 Å². The van der Waals surface area contributed by atoms with Crippen molar-refractivity contribution in [2.45, 2.75) is 38.0 Å². The molecule has 1 fully saturated rings. The molecule has 3 nitrogen and oxygen atoms in total. The summed E-state index contributed by atoms with van der Waals surface area (Å²) >= 11 is 1.76. The molecular formula is C12H20N2OS. The molecule has 2 heterocycles. The normalized spacial score (nSPS) is 25.8. The number of nitrogens with two attached hydrogens (primary N) is 1. The van der Waals surface area contributed by atoms with E-state index in [4.69, 9.17) is 5.73 Å². The molecule has 90 valence electrons. The third-order valence-electron chi connectivity index (χ3n) is 3.30. The summed E-state index contributed by atoms with van der Waals surface area (Å²) in [7, 11) is 0. The quantitative estimate of drug-likeness (QED) is 0.840. The highest BCUT2D eigenvalue weighted by Gasteiger charge is 2.31. The van der Waals surface area contributed by atoms with Gasteiger partial charge in [-0.05, 0) is 24.3 Å². The molecule has 0 aliphatic carbocycles. The Balaban J connectivity index is 2.15. The van der Waals surface area contributed by atoms with Gasteiger partial charge in [0, 0.05) is 24.0 Å². The topological polar surface area (TPSA) is 49.5 Å². The fourth-order valence-electron chi connectivity index (χ4n) is 2.37. The minimum Gasteiger partial charge on any atom is -0.392 e. The summed E-state index contributed by atoms with van der Waals surface area (Å²) in [5.74, 6) is 0. The number of rotatable bonds is 4. The first-order valence-corrected chi connectivity index (χ1v) is 6.81. The highest BCUT2D eigenvalue weighted by molar-refractivity contribution is 7.10. The van der Waals surface area contributed by atoms with Crippen molar-refractivity contribution in [3.8, 4) is 0 Å². The van der Waals surface area contributed by atoms with Gasteiger partial charge in [-0.15, -0.1) is 11.3 Å². The maximum atomic E-state index is 9.62. The van der Waals surface area contributed by atoms with Gasteiger partial charge in [-0.3, -0.25) is 4.90 Å². The lowest BCUT2D eigenvalue weighted by Gasteiger charge is -2.31. The van der Waals surface area contributed by atoms with Gasteiger partial charge in [-0.25, -0.2) is 0 Å². The number of β-amino-alcohol motifs (C(OH)–C–C–N with tert-alkyl or cyclic N) is 1. The van der Waals surface area contributed by atoms with E-state index < -0.39 is 0 Å². The van der Waals surface area contributed by atoms with Gasteiger partial charge in [0.25, 0.3) is 0 Å². The molecule has 0 bridgehead atoms. The molecule has 1 aliphatic rings. The van der Waals surface area contributed by atoms with Gasteiger partial charge in [-0.2, -0.15) is 0 Å². The maximum absolute atomic E-state index is 9.62. The zero-order valence-electron chi connectivity index (χ0n) is 9.67. The lowest BCUT2D eigenvalue weighted by molar-refractivity contribution is 0.149. The molecule has 1 aromatic heterocycles. The molecule has 0 amide bonds. The Kier molecular flexibility index (Phi) is 3.97. The summed E-state index contributed by atoms with van der Waals surface area (Å²) in [6, 6.07) is 4.66. The smallest absolute Gasteiger partial charge is 0.0679 e. The van der Waals surface area contributed by atoms with E-state index in [2.05, 4.69) is 29.3 Å². The van der Waals surface area contributed by atoms with Crippen molar-refractivity contribution in [1.82, 2.24) is 4.90 Å². The van der Waals surface area contributed by atoms with Gasteiger partial charge in [0.2, 0.25) is 0 Å². The fraction of sp³-hybridized carbons (Fsp3) is 0.667. The van der Waals surface area contributed by atoms with E-state index in [1.54, 1.807) is 11.3 Å². The summed E-state index contributed by atoms with van der Waals surface area (Å²) in [6.07, 6.45) is 1.67. The van der Waals surface area contributed by atoms with Crippen molar-refractivity contribution in [1.29, 1.82) is 0 Å². The van der Waals surface area contributed by atoms with Crippen molar-refractivity contribution in [2.24, 2.45) is 5.73 Å². The summed E-state index contributed by atoms with van der Waals surface area (Å²) < 4.78 is 0. The van der Waals surface area contributed by atoms with Crippen LogP contribution in [0.1, 0.15) is 30.7 Å². The van der Waals surface area contributed by atoms with E-state index in [9.17, 15) is 5.11 Å². The van der Waals surface area contributed by atoms with Crippen LogP contribution in [0.15, 0.2) is 17.5 Å². The molecule has 3 N–H and O–H groups in total. The first-order chi connectivity index (χ1) is 7.72. The highest BCUT2D eigenvalue weighted by Crippen LogP contribution is 2.31. The molecule has 1 aromatic rings. The van der Waals surface area contributed by atoms with Crippen molar-refractivity contribution in [2.75, 3.05) is 13.1 Å². The van der Waals surface area contributed by atoms with Gasteiger partial charge < -0.3 is 10.8 Å². The van der Waals surface area contributed by atoms with E-state index in [0.29, 0.717) is 0 Å². The number of likely N-dealkylation sites (tertiary alicyclic amines) is 1. The Bertz CT molecular complexity index is 315. The molecule has 0 aromatic carbocycles. The fourth-order valence-corrected chi connectivity index (χ4v) is 3.30. The van der Waals surface area contributed by atoms with E-state index in [0.717, 1.165) is 25.9 Å². The zero-order valence-corrected chi connectivity index (χ0v) is 10.5. The number of aliphatic hydroxyl groups is 1. The average molecular weight is 240 g/mol. The largest absolute Gasteiger partial charge is 0.392 e. The third kappa shape index (κ3) is 2.46. The highest BCUT2D eigenvalue weighted by atomic mass is 32.1. The van der Waals surface area contributed by atoms with Crippen molar-refractivity contribution in [3.63, 3.8) is 0 Å². The monoisotopic (exact) mass is 240 g/mol. The van der Waals surface area contributed by atoms with Crippen molar-refractivity contribution >= 4 is 11.3 Å². The molecule has 0 radical (unpaired) electrons. The van der Waals surface area contributed by atoms with E-state index in [-0.39, 0.29) is 18.2 Å². The van der Waals surface area contributed by atoms with Gasteiger partial charge >= 0.3 is 0 Å². The summed E-state index contributed by atoms with van der Waals surface area (Å²) in [4.78, 5) is 3.65. The molecule has 4 heteroatoms. The van der Waals surface area contributed by atoms with Gasteiger partial charge in [0.1, 0.15) is 0 Å². The molecule has 0 saturated carbocycles. The van der Waals surface area contributed by atoms with E-state index in [1.807, 2.05) is 0 Å². The van der Waals surface area contributed by atoms with Crippen LogP contribution in [-0.2, 0) is 0 Å². The van der Waals surface area contributed by atoms with Gasteiger partial charge in [-0.1, -0.05) is 13.0 Å². The second-order valence-electron chi connectivity index (χ2n) is 4.47. The number of nitrogens with zero attached hydrogens (tertiary/aromatic N) is 1. The number of thiophene rings is 1. The summed E-state index contributed by atoms with van der Waals surface area (Å²) in [6.45, 7) is 3.84. The SMILES string of the molecule is CCC(N)C(c1cccs1)N1CCC(O)C1. The van der Waals surface area contributed by atoms with Crippen LogP contribution in [0.4, 0.5) is 0 Å². The minimum atomic E-state index is -0.175. The van der Waals surface area contributed by atoms with Crippen LogP contribution in [0.25, 0.3) is 0 Å².